The lowest BCUT2D eigenvalue weighted by Crippen LogP contribution is -2.18. The fraction of sp³-hybridized carbons (Fsp3) is 0.455. The van der Waals surface area contributed by atoms with Crippen LogP contribution in [0.1, 0.15) is 5.56 Å². The van der Waals surface area contributed by atoms with E-state index in [0.717, 1.165) is 6.07 Å². The SMILES string of the molecule is CNCC1CN1c1ccc(Cl)cc1C(F)(F)F. The van der Waals surface area contributed by atoms with Crippen molar-refractivity contribution < 1.29 is 13.2 Å². The average Bonchev–Trinajstić information content (AvgIpc) is 2.96. The average molecular weight is 265 g/mol. The van der Waals surface area contributed by atoms with E-state index in [-0.39, 0.29) is 16.8 Å². The Morgan fingerprint density at radius 1 is 1.47 bits per heavy atom. The molecule has 0 aromatic heterocycles. The van der Waals surface area contributed by atoms with Gasteiger partial charge in [-0.25, -0.2) is 0 Å². The zero-order valence-corrected chi connectivity index (χ0v) is 9.94. The van der Waals surface area contributed by atoms with Crippen molar-refractivity contribution in [3.05, 3.63) is 28.8 Å². The van der Waals surface area contributed by atoms with Gasteiger partial charge in [-0.1, -0.05) is 11.6 Å². The number of anilines is 1. The standard InChI is InChI=1S/C11H12ClF3N2/c1-16-5-8-6-17(8)10-3-2-7(12)4-9(10)11(13,14)15/h2-4,8,16H,5-6H2,1H3. The van der Waals surface area contributed by atoms with E-state index in [0.29, 0.717) is 13.1 Å². The summed E-state index contributed by atoms with van der Waals surface area (Å²) in [6.07, 6.45) is -4.37. The summed E-state index contributed by atoms with van der Waals surface area (Å²) in [5.74, 6) is 0. The maximum Gasteiger partial charge on any atom is 0.418 e. The molecule has 1 atom stereocenters. The summed E-state index contributed by atoms with van der Waals surface area (Å²) in [6, 6.07) is 4.04. The molecule has 94 valence electrons. The molecule has 6 heteroatoms. The molecule has 1 aliphatic heterocycles. The van der Waals surface area contributed by atoms with Crippen molar-refractivity contribution in [3.63, 3.8) is 0 Å². The highest BCUT2D eigenvalue weighted by Crippen LogP contribution is 2.41. The summed E-state index contributed by atoms with van der Waals surface area (Å²) in [6.45, 7) is 1.32. The van der Waals surface area contributed by atoms with E-state index in [1.54, 1.807) is 11.9 Å². The first-order valence-corrected chi connectivity index (χ1v) is 5.59. The van der Waals surface area contributed by atoms with Gasteiger partial charge >= 0.3 is 6.18 Å². The van der Waals surface area contributed by atoms with E-state index in [1.165, 1.54) is 12.1 Å². The molecule has 1 fully saturated rings. The minimum absolute atomic E-state index is 0.105. The number of nitrogens with zero attached hydrogens (tertiary/aromatic N) is 1. The lowest BCUT2D eigenvalue weighted by Gasteiger charge is -2.15. The number of benzene rings is 1. The van der Waals surface area contributed by atoms with Gasteiger partial charge in [0.15, 0.2) is 0 Å². The van der Waals surface area contributed by atoms with Crippen molar-refractivity contribution in [2.45, 2.75) is 12.2 Å². The molecule has 2 rings (SSSR count). The first kappa shape index (κ1) is 12.5. The number of alkyl halides is 3. The summed E-state index contributed by atoms with van der Waals surface area (Å²) in [5, 5.41) is 3.05. The first-order chi connectivity index (χ1) is 7.93. The Kier molecular flexibility index (Phi) is 3.23. The zero-order valence-electron chi connectivity index (χ0n) is 9.18. The molecule has 0 aliphatic carbocycles. The second-order valence-electron chi connectivity index (χ2n) is 4.02. The van der Waals surface area contributed by atoms with Crippen molar-refractivity contribution >= 4 is 17.3 Å². The highest BCUT2D eigenvalue weighted by molar-refractivity contribution is 6.30. The number of rotatable bonds is 3. The Morgan fingerprint density at radius 3 is 2.76 bits per heavy atom. The molecule has 1 aliphatic rings. The van der Waals surface area contributed by atoms with Crippen LogP contribution < -0.4 is 10.2 Å². The van der Waals surface area contributed by atoms with Crippen LogP contribution in [0.2, 0.25) is 5.02 Å². The Morgan fingerprint density at radius 2 is 2.18 bits per heavy atom. The largest absolute Gasteiger partial charge is 0.418 e. The predicted molar refractivity (Wildman–Crippen MR) is 61.5 cm³/mol. The third kappa shape index (κ3) is 2.66. The number of hydrogen-bond donors (Lipinski definition) is 1. The van der Waals surface area contributed by atoms with Gasteiger partial charge in [0.1, 0.15) is 0 Å². The Balaban J connectivity index is 2.29. The van der Waals surface area contributed by atoms with Gasteiger partial charge in [-0.15, -0.1) is 0 Å². The monoisotopic (exact) mass is 264 g/mol. The summed E-state index contributed by atoms with van der Waals surface area (Å²) in [7, 11) is 1.78. The topological polar surface area (TPSA) is 15.0 Å². The maximum atomic E-state index is 12.8. The molecule has 0 saturated carbocycles. The van der Waals surface area contributed by atoms with Gasteiger partial charge in [0.25, 0.3) is 0 Å². The highest BCUT2D eigenvalue weighted by Gasteiger charge is 2.41. The predicted octanol–water partition coefficient (Wildman–Crippen LogP) is 2.77. The quantitative estimate of drug-likeness (QED) is 0.845. The van der Waals surface area contributed by atoms with Crippen LogP contribution >= 0.6 is 11.6 Å². The molecule has 2 nitrogen and oxygen atoms in total. The normalized spacial score (nSPS) is 19.6. The summed E-state index contributed by atoms with van der Waals surface area (Å²) < 4.78 is 38.5. The van der Waals surface area contributed by atoms with Crippen LogP contribution in [-0.2, 0) is 6.18 Å². The van der Waals surface area contributed by atoms with Crippen molar-refractivity contribution in [2.24, 2.45) is 0 Å². The van der Waals surface area contributed by atoms with E-state index >= 15 is 0 Å². The van der Waals surface area contributed by atoms with E-state index in [4.69, 9.17) is 11.6 Å². The van der Waals surface area contributed by atoms with Gasteiger partial charge in [-0.3, -0.25) is 0 Å². The van der Waals surface area contributed by atoms with Crippen molar-refractivity contribution in [3.8, 4) is 0 Å². The molecule has 17 heavy (non-hydrogen) atoms. The number of halogens is 4. The van der Waals surface area contributed by atoms with E-state index in [9.17, 15) is 13.2 Å². The van der Waals surface area contributed by atoms with Crippen molar-refractivity contribution in [2.75, 3.05) is 25.0 Å². The lowest BCUT2D eigenvalue weighted by molar-refractivity contribution is -0.137. The van der Waals surface area contributed by atoms with Crippen LogP contribution in [0.5, 0.6) is 0 Å². The van der Waals surface area contributed by atoms with Crippen LogP contribution in [0.15, 0.2) is 18.2 Å². The second-order valence-corrected chi connectivity index (χ2v) is 4.46. The molecule has 1 aromatic rings. The molecule has 0 radical (unpaired) electrons. The lowest BCUT2D eigenvalue weighted by atomic mass is 10.1. The summed E-state index contributed by atoms with van der Waals surface area (Å²) in [4.78, 5) is 1.72. The van der Waals surface area contributed by atoms with E-state index in [2.05, 4.69) is 5.32 Å². The van der Waals surface area contributed by atoms with Crippen LogP contribution in [0.25, 0.3) is 0 Å². The number of hydrogen-bond acceptors (Lipinski definition) is 2. The molecule has 0 bridgehead atoms. The smallest absolute Gasteiger partial charge is 0.363 e. The van der Waals surface area contributed by atoms with Crippen LogP contribution in [0, 0.1) is 0 Å². The second kappa shape index (κ2) is 4.38. The molecule has 0 spiro atoms. The molecule has 1 unspecified atom stereocenters. The van der Waals surface area contributed by atoms with Gasteiger partial charge in [0.2, 0.25) is 0 Å². The molecular weight excluding hydrogens is 253 g/mol. The minimum Gasteiger partial charge on any atom is -0.363 e. The van der Waals surface area contributed by atoms with Gasteiger partial charge in [-0.2, -0.15) is 13.2 Å². The van der Waals surface area contributed by atoms with Crippen LogP contribution in [-0.4, -0.2) is 26.2 Å². The van der Waals surface area contributed by atoms with E-state index < -0.39 is 11.7 Å². The summed E-state index contributed by atoms with van der Waals surface area (Å²) >= 11 is 5.61. The molecule has 1 N–H and O–H groups in total. The van der Waals surface area contributed by atoms with Gasteiger partial charge in [0, 0.05) is 23.8 Å². The fourth-order valence-electron chi connectivity index (χ4n) is 1.87. The Hall–Kier alpha value is -0.940. The van der Waals surface area contributed by atoms with Crippen molar-refractivity contribution in [1.29, 1.82) is 0 Å². The minimum atomic E-state index is -4.37. The maximum absolute atomic E-state index is 12.8. The van der Waals surface area contributed by atoms with Gasteiger partial charge < -0.3 is 10.2 Å². The number of nitrogens with one attached hydrogen (secondary N) is 1. The Bertz CT molecular complexity index is 420. The third-order valence-electron chi connectivity index (χ3n) is 2.73. The molecule has 1 saturated heterocycles. The highest BCUT2D eigenvalue weighted by atomic mass is 35.5. The third-order valence-corrected chi connectivity index (χ3v) is 2.96. The molecular formula is C11H12ClF3N2. The number of likely N-dealkylation sites (N-methyl/N-ethyl adjacent to an activating group) is 1. The molecule has 1 aromatic carbocycles. The Labute approximate surface area is 102 Å². The van der Waals surface area contributed by atoms with Crippen LogP contribution in [0.3, 0.4) is 0 Å². The summed E-state index contributed by atoms with van der Waals surface area (Å²) in [5.41, 5.74) is -0.453. The first-order valence-electron chi connectivity index (χ1n) is 5.21. The van der Waals surface area contributed by atoms with Crippen molar-refractivity contribution in [1.82, 2.24) is 5.32 Å². The fourth-order valence-corrected chi connectivity index (χ4v) is 2.04. The molecule has 0 amide bonds. The van der Waals surface area contributed by atoms with Gasteiger partial charge in [0.05, 0.1) is 11.6 Å². The zero-order chi connectivity index (χ0) is 12.6. The molecule has 1 heterocycles. The van der Waals surface area contributed by atoms with Gasteiger partial charge in [-0.05, 0) is 25.2 Å². The van der Waals surface area contributed by atoms with E-state index in [1.807, 2.05) is 0 Å². The van der Waals surface area contributed by atoms with Crippen LogP contribution in [0.4, 0.5) is 18.9 Å².